The van der Waals surface area contributed by atoms with Crippen molar-refractivity contribution in [1.29, 1.82) is 0 Å². The number of benzene rings is 2. The molecular weight excluding hydrogens is 516 g/mol. The van der Waals surface area contributed by atoms with Crippen LogP contribution in [0.1, 0.15) is 41.5 Å². The lowest BCUT2D eigenvalue weighted by Crippen LogP contribution is -2.34. The van der Waals surface area contributed by atoms with E-state index in [-0.39, 0.29) is 10.2 Å². The van der Waals surface area contributed by atoms with Gasteiger partial charge in [-0.25, -0.2) is 14.5 Å². The molecule has 2 N–H and O–H groups in total. The zero-order valence-corrected chi connectivity index (χ0v) is 22.8. The number of hydrogen-bond donors (Lipinski definition) is 1. The Bertz CT molecular complexity index is 1480. The third kappa shape index (κ3) is 5.83. The molecule has 0 spiro atoms. The highest BCUT2D eigenvalue weighted by Gasteiger charge is 2.31. The summed E-state index contributed by atoms with van der Waals surface area (Å²) in [7, 11) is 0. The quantitative estimate of drug-likeness (QED) is 0.285. The largest absolute Gasteiger partial charge is 0.443 e. The van der Waals surface area contributed by atoms with Gasteiger partial charge in [0.05, 0.1) is 22.4 Å². The van der Waals surface area contributed by atoms with Crippen molar-refractivity contribution in [3.63, 3.8) is 0 Å². The van der Waals surface area contributed by atoms with E-state index in [1.54, 1.807) is 71.9 Å². The minimum Gasteiger partial charge on any atom is -0.443 e. The van der Waals surface area contributed by atoms with Gasteiger partial charge in [-0.3, -0.25) is 0 Å². The molecule has 4 rings (SSSR count). The summed E-state index contributed by atoms with van der Waals surface area (Å²) < 4.78 is 16.6. The second kappa shape index (κ2) is 9.64. The van der Waals surface area contributed by atoms with Gasteiger partial charge in [0.2, 0.25) is 5.13 Å². The molecule has 194 valence electrons. The fraction of sp³-hybridized carbons (Fsp3) is 0.320. The van der Waals surface area contributed by atoms with E-state index in [1.165, 1.54) is 11.1 Å². The second-order valence-corrected chi connectivity index (χ2v) is 11.3. The first-order chi connectivity index (χ1) is 17.2. The van der Waals surface area contributed by atoms with E-state index in [0.717, 1.165) is 16.2 Å². The molecule has 4 aromatic rings. The molecule has 37 heavy (non-hydrogen) atoms. The Morgan fingerprint density at radius 1 is 1.05 bits per heavy atom. The highest BCUT2D eigenvalue weighted by molar-refractivity contribution is 7.10. The minimum absolute atomic E-state index is 0.180. The third-order valence-corrected chi connectivity index (χ3v) is 5.90. The van der Waals surface area contributed by atoms with Crippen LogP contribution in [0.4, 0.5) is 26.1 Å². The number of hydrogen-bond acceptors (Lipinski definition) is 9. The molecule has 0 fully saturated rings. The van der Waals surface area contributed by atoms with Crippen LogP contribution < -0.4 is 10.6 Å². The number of halogens is 1. The maximum absolute atomic E-state index is 13.4. The lowest BCUT2D eigenvalue weighted by atomic mass is 10.2. The zero-order valence-electron chi connectivity index (χ0n) is 21.3. The Labute approximate surface area is 223 Å². The number of nitrogens with zero attached hydrogens (tertiary/aromatic N) is 5. The van der Waals surface area contributed by atoms with E-state index in [1.807, 2.05) is 6.07 Å². The summed E-state index contributed by atoms with van der Waals surface area (Å²) in [5.41, 5.74) is 6.40. The van der Waals surface area contributed by atoms with Crippen LogP contribution in [0, 0.1) is 0 Å². The van der Waals surface area contributed by atoms with Gasteiger partial charge >= 0.3 is 12.2 Å². The lowest BCUT2D eigenvalue weighted by Gasteiger charge is -2.26. The van der Waals surface area contributed by atoms with Crippen LogP contribution in [0.15, 0.2) is 42.6 Å². The Morgan fingerprint density at radius 2 is 1.76 bits per heavy atom. The predicted octanol–water partition coefficient (Wildman–Crippen LogP) is 6.65. The summed E-state index contributed by atoms with van der Waals surface area (Å²) in [6.45, 7) is 10.6. The van der Waals surface area contributed by atoms with Crippen molar-refractivity contribution >= 4 is 62.7 Å². The number of ether oxygens (including phenoxy) is 2. The van der Waals surface area contributed by atoms with Crippen LogP contribution >= 0.6 is 23.1 Å². The normalized spacial score (nSPS) is 12.0. The smallest absolute Gasteiger partial charge is 0.435 e. The molecule has 0 aliphatic rings. The van der Waals surface area contributed by atoms with E-state index in [9.17, 15) is 9.59 Å². The minimum atomic E-state index is -0.783. The molecular formula is C25H27ClN6O4S. The molecule has 0 radical (unpaired) electrons. The van der Waals surface area contributed by atoms with Crippen molar-refractivity contribution in [1.82, 2.24) is 19.1 Å². The lowest BCUT2D eigenvalue weighted by molar-refractivity contribution is 0.0521. The zero-order chi connectivity index (χ0) is 27.1. The Hall–Kier alpha value is -3.70. The van der Waals surface area contributed by atoms with Gasteiger partial charge in [0.15, 0.2) is 5.82 Å². The molecule has 10 nitrogen and oxygen atoms in total. The molecule has 0 saturated carbocycles. The number of aromatic nitrogens is 4. The highest BCUT2D eigenvalue weighted by atomic mass is 35.5. The molecule has 2 aromatic heterocycles. The summed E-state index contributed by atoms with van der Waals surface area (Å²) in [6.07, 6.45) is 0.103. The van der Waals surface area contributed by atoms with Gasteiger partial charge in [-0.15, -0.1) is 0 Å². The number of carbonyl (C=O) groups excluding carboxylic acids is 2. The average molecular weight is 543 g/mol. The molecule has 1 amide bonds. The Balaban J connectivity index is 1.80. The van der Waals surface area contributed by atoms with E-state index >= 15 is 0 Å². The molecule has 0 unspecified atom stereocenters. The summed E-state index contributed by atoms with van der Waals surface area (Å²) in [4.78, 5) is 31.8. The van der Waals surface area contributed by atoms with Crippen molar-refractivity contribution in [2.75, 3.05) is 10.6 Å². The molecule has 0 atom stereocenters. The first-order valence-electron chi connectivity index (χ1n) is 11.4. The Kier molecular flexibility index (Phi) is 6.87. The summed E-state index contributed by atoms with van der Waals surface area (Å²) in [5.74, 6) is 0.399. The second-order valence-electron chi connectivity index (χ2n) is 10.2. The highest BCUT2D eigenvalue weighted by Crippen LogP contribution is 2.39. The van der Waals surface area contributed by atoms with Gasteiger partial charge in [-0.2, -0.15) is 19.1 Å². The molecule has 2 heterocycles. The van der Waals surface area contributed by atoms with Crippen LogP contribution in [-0.4, -0.2) is 42.5 Å². The van der Waals surface area contributed by atoms with Crippen molar-refractivity contribution in [3.8, 4) is 11.4 Å². The van der Waals surface area contributed by atoms with E-state index < -0.39 is 23.4 Å². The van der Waals surface area contributed by atoms with E-state index in [2.05, 4.69) is 14.5 Å². The SMILES string of the molecule is CC(C)(C)OC(=O)N(c1nc(-c2cccc(N)c2)ns1)c1ccc2c(cnn2C(=O)OC(C)(C)C)c1Cl. The van der Waals surface area contributed by atoms with Crippen LogP contribution in [0.3, 0.4) is 0 Å². The summed E-state index contributed by atoms with van der Waals surface area (Å²) in [5, 5.41) is 5.02. The maximum Gasteiger partial charge on any atom is 0.435 e. The van der Waals surface area contributed by atoms with Crippen molar-refractivity contribution in [2.24, 2.45) is 0 Å². The summed E-state index contributed by atoms with van der Waals surface area (Å²) in [6, 6.07) is 10.3. The van der Waals surface area contributed by atoms with Crippen molar-refractivity contribution in [3.05, 3.63) is 47.6 Å². The number of nitrogen functional groups attached to an aromatic ring is 1. The van der Waals surface area contributed by atoms with Gasteiger partial charge < -0.3 is 15.2 Å². The van der Waals surface area contributed by atoms with E-state index in [4.69, 9.17) is 26.8 Å². The van der Waals surface area contributed by atoms with Crippen LogP contribution in [0.5, 0.6) is 0 Å². The van der Waals surface area contributed by atoms with Gasteiger partial charge in [0.25, 0.3) is 0 Å². The third-order valence-electron chi connectivity index (χ3n) is 4.80. The van der Waals surface area contributed by atoms with Crippen LogP contribution in [0.25, 0.3) is 22.3 Å². The molecule has 12 heteroatoms. The maximum atomic E-state index is 13.4. The fourth-order valence-electron chi connectivity index (χ4n) is 3.37. The predicted molar refractivity (Wildman–Crippen MR) is 145 cm³/mol. The Morgan fingerprint density at radius 3 is 2.41 bits per heavy atom. The van der Waals surface area contributed by atoms with Crippen molar-refractivity contribution < 1.29 is 19.1 Å². The standard InChI is InChI=1S/C25H27ClN6O4S/c1-24(2,3)35-22(33)31(21-29-20(30-37-21)14-8-7-9-15(27)12-14)18-11-10-17-16(19(18)26)13-28-32(17)23(34)36-25(4,5)6/h7-13H,27H2,1-6H3. The number of anilines is 3. The van der Waals surface area contributed by atoms with Gasteiger partial charge in [-0.1, -0.05) is 23.7 Å². The molecule has 2 aromatic carbocycles. The first-order valence-corrected chi connectivity index (χ1v) is 12.5. The molecule has 0 aliphatic heterocycles. The van der Waals surface area contributed by atoms with Crippen LogP contribution in [0.2, 0.25) is 5.02 Å². The monoisotopic (exact) mass is 542 g/mol. The molecule has 0 saturated heterocycles. The molecule has 0 aliphatic carbocycles. The first kappa shape index (κ1) is 26.4. The van der Waals surface area contributed by atoms with E-state index in [0.29, 0.717) is 33.7 Å². The van der Waals surface area contributed by atoms with Crippen molar-refractivity contribution in [2.45, 2.75) is 52.7 Å². The number of carbonyl (C=O) groups is 2. The number of amides is 1. The van der Waals surface area contributed by atoms with Crippen LogP contribution in [-0.2, 0) is 9.47 Å². The summed E-state index contributed by atoms with van der Waals surface area (Å²) >= 11 is 7.79. The van der Waals surface area contributed by atoms with Gasteiger partial charge in [-0.05, 0) is 65.8 Å². The average Bonchev–Trinajstić information content (AvgIpc) is 3.41. The van der Waals surface area contributed by atoms with Gasteiger partial charge in [0.1, 0.15) is 11.2 Å². The molecule has 0 bridgehead atoms. The fourth-order valence-corrected chi connectivity index (χ4v) is 4.36. The number of rotatable bonds is 3. The number of fused-ring (bicyclic) bond motifs is 1. The van der Waals surface area contributed by atoms with Gasteiger partial charge in [0, 0.05) is 28.2 Å². The number of nitrogens with two attached hydrogens (primary N) is 1. The topological polar surface area (TPSA) is 125 Å².